The SMILES string of the molecule is Cc1ccc2c(c1)C(=O)c1ccc(B3OC(C)(C)C(C)(C)O3)cc1-2. The summed E-state index contributed by atoms with van der Waals surface area (Å²) in [5.74, 6) is 0.101. The van der Waals surface area contributed by atoms with Crippen molar-refractivity contribution in [1.82, 2.24) is 0 Å². The molecule has 0 aromatic heterocycles. The van der Waals surface area contributed by atoms with Gasteiger partial charge in [0, 0.05) is 11.1 Å². The van der Waals surface area contributed by atoms with Crippen molar-refractivity contribution in [2.75, 3.05) is 0 Å². The average Bonchev–Trinajstić information content (AvgIpc) is 2.90. The van der Waals surface area contributed by atoms with Gasteiger partial charge in [0.2, 0.25) is 0 Å². The van der Waals surface area contributed by atoms with Crippen LogP contribution in [0.25, 0.3) is 11.1 Å². The van der Waals surface area contributed by atoms with Crippen LogP contribution in [0.2, 0.25) is 0 Å². The minimum absolute atomic E-state index is 0.101. The van der Waals surface area contributed by atoms with Crippen LogP contribution in [0.3, 0.4) is 0 Å². The molecule has 0 atom stereocenters. The van der Waals surface area contributed by atoms with Crippen LogP contribution < -0.4 is 5.46 Å². The lowest BCUT2D eigenvalue weighted by Crippen LogP contribution is -2.41. The number of aryl methyl sites for hydroxylation is 1. The van der Waals surface area contributed by atoms with Gasteiger partial charge in [0.25, 0.3) is 0 Å². The number of ketones is 1. The topological polar surface area (TPSA) is 35.5 Å². The monoisotopic (exact) mass is 320 g/mol. The lowest BCUT2D eigenvalue weighted by Gasteiger charge is -2.32. The van der Waals surface area contributed by atoms with E-state index < -0.39 is 7.12 Å². The number of carbonyl (C=O) groups is 1. The highest BCUT2D eigenvalue weighted by Crippen LogP contribution is 2.39. The van der Waals surface area contributed by atoms with Crippen molar-refractivity contribution in [2.45, 2.75) is 45.8 Å². The Morgan fingerprint density at radius 1 is 0.792 bits per heavy atom. The first-order valence-corrected chi connectivity index (χ1v) is 8.35. The first-order valence-electron chi connectivity index (χ1n) is 8.35. The molecule has 1 heterocycles. The van der Waals surface area contributed by atoms with Gasteiger partial charge in [-0.1, -0.05) is 35.9 Å². The van der Waals surface area contributed by atoms with E-state index in [1.807, 2.05) is 71.0 Å². The fourth-order valence-electron chi connectivity index (χ4n) is 3.33. The van der Waals surface area contributed by atoms with Crippen LogP contribution in [0.4, 0.5) is 0 Å². The maximum absolute atomic E-state index is 12.6. The molecule has 0 saturated carbocycles. The molecule has 3 nitrogen and oxygen atoms in total. The molecular weight excluding hydrogens is 299 g/mol. The van der Waals surface area contributed by atoms with Gasteiger partial charge in [0.1, 0.15) is 0 Å². The van der Waals surface area contributed by atoms with Gasteiger partial charge < -0.3 is 9.31 Å². The van der Waals surface area contributed by atoms with Gasteiger partial charge in [-0.15, -0.1) is 0 Å². The summed E-state index contributed by atoms with van der Waals surface area (Å²) >= 11 is 0. The molecule has 1 fully saturated rings. The van der Waals surface area contributed by atoms with E-state index in [0.717, 1.165) is 33.3 Å². The third-order valence-corrected chi connectivity index (χ3v) is 5.52. The van der Waals surface area contributed by atoms with E-state index >= 15 is 0 Å². The Kier molecular flexibility index (Phi) is 3.13. The summed E-state index contributed by atoms with van der Waals surface area (Å²) in [7, 11) is -0.412. The van der Waals surface area contributed by atoms with Crippen molar-refractivity contribution < 1.29 is 14.1 Å². The molecule has 0 radical (unpaired) electrons. The maximum Gasteiger partial charge on any atom is 0.494 e. The standard InChI is InChI=1S/C20H21BO3/c1-12-6-8-14-16-11-13(7-9-15(16)18(22)17(14)10-12)21-23-19(2,3)20(4,5)24-21/h6-11H,1-5H3. The van der Waals surface area contributed by atoms with E-state index in [4.69, 9.17) is 9.31 Å². The molecule has 0 unspecified atom stereocenters. The van der Waals surface area contributed by atoms with Gasteiger partial charge in [-0.05, 0) is 57.3 Å². The molecule has 2 aromatic carbocycles. The summed E-state index contributed by atoms with van der Waals surface area (Å²) in [6, 6.07) is 11.9. The van der Waals surface area contributed by atoms with Gasteiger partial charge in [-0.2, -0.15) is 0 Å². The van der Waals surface area contributed by atoms with Crippen molar-refractivity contribution in [3.8, 4) is 11.1 Å². The van der Waals surface area contributed by atoms with Gasteiger partial charge >= 0.3 is 7.12 Å². The molecule has 0 amide bonds. The molecule has 1 aliphatic heterocycles. The molecule has 1 aliphatic carbocycles. The lowest BCUT2D eigenvalue weighted by atomic mass is 9.77. The Balaban J connectivity index is 1.78. The van der Waals surface area contributed by atoms with Crippen LogP contribution in [-0.2, 0) is 9.31 Å². The van der Waals surface area contributed by atoms with E-state index in [9.17, 15) is 4.79 Å². The lowest BCUT2D eigenvalue weighted by molar-refractivity contribution is 0.00578. The van der Waals surface area contributed by atoms with Crippen LogP contribution in [0, 0.1) is 6.92 Å². The molecule has 0 spiro atoms. The highest BCUT2D eigenvalue weighted by atomic mass is 16.7. The minimum Gasteiger partial charge on any atom is -0.399 e. The van der Waals surface area contributed by atoms with E-state index in [-0.39, 0.29) is 17.0 Å². The third kappa shape index (κ3) is 2.10. The Labute approximate surface area is 143 Å². The van der Waals surface area contributed by atoms with Crippen LogP contribution in [0.1, 0.15) is 49.2 Å². The number of carbonyl (C=O) groups excluding carboxylic acids is 1. The molecule has 2 aromatic rings. The number of hydrogen-bond acceptors (Lipinski definition) is 3. The summed E-state index contributed by atoms with van der Waals surface area (Å²) in [4.78, 5) is 12.6. The molecule has 4 rings (SSSR count). The zero-order valence-corrected chi connectivity index (χ0v) is 14.8. The van der Waals surface area contributed by atoms with Crippen molar-refractivity contribution in [1.29, 1.82) is 0 Å². The third-order valence-electron chi connectivity index (χ3n) is 5.52. The summed E-state index contributed by atoms with van der Waals surface area (Å²) < 4.78 is 12.3. The summed E-state index contributed by atoms with van der Waals surface area (Å²) in [5, 5.41) is 0. The first kappa shape index (κ1) is 15.6. The van der Waals surface area contributed by atoms with Crippen LogP contribution in [0.15, 0.2) is 36.4 Å². The van der Waals surface area contributed by atoms with Gasteiger partial charge in [-0.3, -0.25) is 4.79 Å². The second-order valence-corrected chi connectivity index (χ2v) is 7.77. The summed E-state index contributed by atoms with van der Waals surface area (Å²) in [6.07, 6.45) is 0. The fraction of sp³-hybridized carbons (Fsp3) is 0.350. The molecule has 122 valence electrons. The van der Waals surface area contributed by atoms with Crippen LogP contribution in [0.5, 0.6) is 0 Å². The van der Waals surface area contributed by atoms with E-state index in [1.54, 1.807) is 0 Å². The Morgan fingerprint density at radius 2 is 1.42 bits per heavy atom. The first-order chi connectivity index (χ1) is 11.2. The highest BCUT2D eigenvalue weighted by Gasteiger charge is 2.51. The summed E-state index contributed by atoms with van der Waals surface area (Å²) in [6.45, 7) is 10.2. The number of rotatable bonds is 1. The smallest absolute Gasteiger partial charge is 0.399 e. The Bertz CT molecular complexity index is 851. The van der Waals surface area contributed by atoms with Gasteiger partial charge in [0.05, 0.1) is 11.2 Å². The van der Waals surface area contributed by atoms with Crippen molar-refractivity contribution in [3.05, 3.63) is 53.1 Å². The highest BCUT2D eigenvalue weighted by molar-refractivity contribution is 6.62. The molecule has 24 heavy (non-hydrogen) atoms. The second kappa shape index (κ2) is 4.81. The minimum atomic E-state index is -0.412. The van der Waals surface area contributed by atoms with Gasteiger partial charge in [0.15, 0.2) is 5.78 Å². The molecule has 1 saturated heterocycles. The van der Waals surface area contributed by atoms with E-state index in [0.29, 0.717) is 0 Å². The van der Waals surface area contributed by atoms with Crippen LogP contribution in [-0.4, -0.2) is 24.1 Å². The predicted octanol–water partition coefficient (Wildman–Crippen LogP) is 3.51. The van der Waals surface area contributed by atoms with Crippen molar-refractivity contribution in [3.63, 3.8) is 0 Å². The summed E-state index contributed by atoms with van der Waals surface area (Å²) in [5.41, 5.74) is 4.83. The van der Waals surface area contributed by atoms with Crippen molar-refractivity contribution in [2.24, 2.45) is 0 Å². The normalized spacial score (nSPS) is 20.2. The van der Waals surface area contributed by atoms with E-state index in [1.165, 1.54) is 0 Å². The zero-order chi connectivity index (χ0) is 17.3. The molecule has 0 N–H and O–H groups in total. The average molecular weight is 320 g/mol. The molecule has 0 bridgehead atoms. The van der Waals surface area contributed by atoms with Gasteiger partial charge in [-0.25, -0.2) is 0 Å². The van der Waals surface area contributed by atoms with Crippen molar-refractivity contribution >= 4 is 18.4 Å². The zero-order valence-electron chi connectivity index (χ0n) is 14.8. The number of hydrogen-bond donors (Lipinski definition) is 0. The quantitative estimate of drug-likeness (QED) is 0.644. The number of benzene rings is 2. The number of fused-ring (bicyclic) bond motifs is 3. The second-order valence-electron chi connectivity index (χ2n) is 7.77. The predicted molar refractivity (Wildman–Crippen MR) is 95.8 cm³/mol. The maximum atomic E-state index is 12.6. The molecule has 4 heteroatoms. The van der Waals surface area contributed by atoms with Crippen LogP contribution >= 0.6 is 0 Å². The largest absolute Gasteiger partial charge is 0.494 e. The Hall–Kier alpha value is -1.91. The fourth-order valence-corrected chi connectivity index (χ4v) is 3.33. The Morgan fingerprint density at radius 3 is 2.08 bits per heavy atom. The molecule has 2 aliphatic rings. The molecular formula is C20H21BO3. The van der Waals surface area contributed by atoms with E-state index in [2.05, 4.69) is 0 Å².